The van der Waals surface area contributed by atoms with Crippen LogP contribution >= 0.6 is 0 Å². The number of aliphatic hydroxyl groups excluding tert-OH is 1. The highest BCUT2D eigenvalue weighted by atomic mass is 16.3. The quantitative estimate of drug-likeness (QED) is 0.752. The first kappa shape index (κ1) is 14.8. The first-order chi connectivity index (χ1) is 11.2. The van der Waals surface area contributed by atoms with Gasteiger partial charge in [0.1, 0.15) is 5.76 Å². The highest BCUT2D eigenvalue weighted by Crippen LogP contribution is 2.13. The fourth-order valence-corrected chi connectivity index (χ4v) is 2.26. The fraction of sp³-hybridized carbons (Fsp3) is 0.0526. The van der Waals surface area contributed by atoms with Gasteiger partial charge in [-0.3, -0.25) is 4.57 Å². The van der Waals surface area contributed by atoms with Crippen molar-refractivity contribution in [2.24, 2.45) is 0 Å². The second-order valence-electron chi connectivity index (χ2n) is 5.14. The molecule has 4 heteroatoms. The molecule has 0 saturated carbocycles. The Bertz CT molecular complexity index is 869. The summed E-state index contributed by atoms with van der Waals surface area (Å²) in [6.45, 7) is 0.474. The molecule has 0 spiro atoms. The van der Waals surface area contributed by atoms with Crippen molar-refractivity contribution < 1.29 is 5.11 Å². The van der Waals surface area contributed by atoms with Gasteiger partial charge >= 0.3 is 5.69 Å². The molecular formula is C19H16N2O2. The highest BCUT2D eigenvalue weighted by molar-refractivity contribution is 5.74. The zero-order valence-corrected chi connectivity index (χ0v) is 12.5. The van der Waals surface area contributed by atoms with Crippen LogP contribution in [0.3, 0.4) is 0 Å². The molecule has 23 heavy (non-hydrogen) atoms. The molecule has 1 N–H and O–H groups in total. The summed E-state index contributed by atoms with van der Waals surface area (Å²) in [4.78, 5) is 16.1. The molecule has 0 aliphatic carbocycles. The Kier molecular flexibility index (Phi) is 4.34. The maximum atomic E-state index is 12.1. The van der Waals surface area contributed by atoms with Crippen molar-refractivity contribution in [3.63, 3.8) is 0 Å². The highest BCUT2D eigenvalue weighted by Gasteiger charge is 2.02. The van der Waals surface area contributed by atoms with Crippen molar-refractivity contribution in [3.8, 4) is 0 Å². The molecule has 1 aromatic heterocycles. The predicted octanol–water partition coefficient (Wildman–Crippen LogP) is 3.35. The molecule has 3 rings (SSSR count). The van der Waals surface area contributed by atoms with Crippen LogP contribution in [-0.2, 0) is 6.54 Å². The van der Waals surface area contributed by atoms with Crippen LogP contribution in [0.5, 0.6) is 0 Å². The van der Waals surface area contributed by atoms with Gasteiger partial charge in [0.25, 0.3) is 0 Å². The van der Waals surface area contributed by atoms with E-state index in [4.69, 9.17) is 0 Å². The van der Waals surface area contributed by atoms with Gasteiger partial charge in [-0.2, -0.15) is 4.98 Å². The van der Waals surface area contributed by atoms with E-state index in [9.17, 15) is 9.90 Å². The van der Waals surface area contributed by atoms with Crippen LogP contribution in [0, 0.1) is 0 Å². The molecule has 1 heterocycles. The van der Waals surface area contributed by atoms with Gasteiger partial charge < -0.3 is 5.11 Å². The summed E-state index contributed by atoms with van der Waals surface area (Å²) < 4.78 is 1.53. The summed E-state index contributed by atoms with van der Waals surface area (Å²) >= 11 is 0. The largest absolute Gasteiger partial charge is 0.507 e. The monoisotopic (exact) mass is 304 g/mol. The van der Waals surface area contributed by atoms with Gasteiger partial charge in [-0.15, -0.1) is 0 Å². The molecule has 0 aliphatic rings. The zero-order chi connectivity index (χ0) is 16.1. The average Bonchev–Trinajstić information content (AvgIpc) is 2.59. The second kappa shape index (κ2) is 6.75. The molecule has 4 nitrogen and oxygen atoms in total. The zero-order valence-electron chi connectivity index (χ0n) is 12.5. The van der Waals surface area contributed by atoms with Crippen molar-refractivity contribution in [3.05, 3.63) is 100 Å². The number of hydrogen-bond donors (Lipinski definition) is 1. The van der Waals surface area contributed by atoms with Gasteiger partial charge in [0.15, 0.2) is 0 Å². The summed E-state index contributed by atoms with van der Waals surface area (Å²) in [6.07, 6.45) is 3.18. The summed E-state index contributed by atoms with van der Waals surface area (Å²) in [5.74, 6) is 0.0818. The number of benzene rings is 2. The van der Waals surface area contributed by atoms with Crippen LogP contribution in [0.4, 0.5) is 0 Å². The van der Waals surface area contributed by atoms with E-state index in [1.165, 1.54) is 10.6 Å². The molecule has 3 aromatic rings. The Morgan fingerprint density at radius 1 is 1.00 bits per heavy atom. The molecule has 114 valence electrons. The van der Waals surface area contributed by atoms with E-state index in [1.807, 2.05) is 48.5 Å². The van der Waals surface area contributed by atoms with Gasteiger partial charge in [-0.25, -0.2) is 4.79 Å². The molecule has 0 amide bonds. The van der Waals surface area contributed by atoms with E-state index in [-0.39, 0.29) is 11.4 Å². The number of rotatable bonds is 4. The standard InChI is InChI=1S/C19H16N2O2/c22-18(16-9-5-2-6-10-16)13-17-11-12-21(19(23)20-17)14-15-7-3-1-4-8-15/h1-13,22H,14H2. The Balaban J connectivity index is 1.84. The van der Waals surface area contributed by atoms with Crippen LogP contribution in [0.2, 0.25) is 0 Å². The minimum atomic E-state index is -0.344. The molecule has 2 aromatic carbocycles. The molecule has 0 fully saturated rings. The SMILES string of the molecule is O=c1nc(C=C(O)c2ccccc2)ccn1Cc1ccccc1. The van der Waals surface area contributed by atoms with E-state index >= 15 is 0 Å². The minimum Gasteiger partial charge on any atom is -0.507 e. The first-order valence-electron chi connectivity index (χ1n) is 7.30. The summed E-state index contributed by atoms with van der Waals surface area (Å²) in [5.41, 5.74) is 1.80. The topological polar surface area (TPSA) is 55.1 Å². The molecule has 0 saturated heterocycles. The lowest BCUT2D eigenvalue weighted by atomic mass is 10.1. The lowest BCUT2D eigenvalue weighted by Gasteiger charge is -2.05. The van der Waals surface area contributed by atoms with Crippen molar-refractivity contribution in [1.82, 2.24) is 9.55 Å². The molecule has 0 unspecified atom stereocenters. The lowest BCUT2D eigenvalue weighted by Crippen LogP contribution is -2.23. The van der Waals surface area contributed by atoms with Gasteiger partial charge in [-0.1, -0.05) is 60.7 Å². The normalized spacial score (nSPS) is 11.4. The van der Waals surface area contributed by atoms with E-state index in [0.29, 0.717) is 17.8 Å². The van der Waals surface area contributed by atoms with Gasteiger partial charge in [0.2, 0.25) is 0 Å². The molecule has 0 bridgehead atoms. The van der Waals surface area contributed by atoms with Gasteiger partial charge in [0.05, 0.1) is 12.2 Å². The van der Waals surface area contributed by atoms with Crippen molar-refractivity contribution >= 4 is 11.8 Å². The third-order valence-corrected chi connectivity index (χ3v) is 3.45. The maximum absolute atomic E-state index is 12.1. The lowest BCUT2D eigenvalue weighted by molar-refractivity contribution is 0.515. The third-order valence-electron chi connectivity index (χ3n) is 3.45. The van der Waals surface area contributed by atoms with Crippen LogP contribution in [0.25, 0.3) is 11.8 Å². The Labute approximate surface area is 134 Å². The van der Waals surface area contributed by atoms with E-state index in [0.717, 1.165) is 5.56 Å². The minimum absolute atomic E-state index is 0.0818. The Morgan fingerprint density at radius 2 is 1.65 bits per heavy atom. The fourth-order valence-electron chi connectivity index (χ4n) is 2.26. The van der Waals surface area contributed by atoms with E-state index < -0.39 is 0 Å². The Morgan fingerprint density at radius 3 is 2.30 bits per heavy atom. The number of nitrogens with zero attached hydrogens (tertiary/aromatic N) is 2. The summed E-state index contributed by atoms with van der Waals surface area (Å²) in [6, 6.07) is 20.6. The van der Waals surface area contributed by atoms with Crippen LogP contribution in [0.15, 0.2) is 77.7 Å². The molecule has 0 aliphatic heterocycles. The van der Waals surface area contributed by atoms with Gasteiger partial charge in [0, 0.05) is 17.8 Å². The van der Waals surface area contributed by atoms with Crippen LogP contribution in [0.1, 0.15) is 16.8 Å². The van der Waals surface area contributed by atoms with Crippen molar-refractivity contribution in [2.45, 2.75) is 6.54 Å². The smallest absolute Gasteiger partial charge is 0.348 e. The van der Waals surface area contributed by atoms with E-state index in [2.05, 4.69) is 4.98 Å². The van der Waals surface area contributed by atoms with Crippen LogP contribution < -0.4 is 5.69 Å². The number of aromatic nitrogens is 2. The van der Waals surface area contributed by atoms with Crippen molar-refractivity contribution in [1.29, 1.82) is 0 Å². The maximum Gasteiger partial charge on any atom is 0.348 e. The summed E-state index contributed by atoms with van der Waals surface area (Å²) in [7, 11) is 0. The average molecular weight is 304 g/mol. The first-order valence-corrected chi connectivity index (χ1v) is 7.30. The summed E-state index contributed by atoms with van der Waals surface area (Å²) in [5, 5.41) is 10.1. The Hall–Kier alpha value is -3.14. The van der Waals surface area contributed by atoms with E-state index in [1.54, 1.807) is 24.4 Å². The van der Waals surface area contributed by atoms with Crippen molar-refractivity contribution in [2.75, 3.05) is 0 Å². The molecule has 0 radical (unpaired) electrons. The number of hydrogen-bond acceptors (Lipinski definition) is 3. The molecular weight excluding hydrogens is 288 g/mol. The third kappa shape index (κ3) is 3.74. The predicted molar refractivity (Wildman–Crippen MR) is 91.0 cm³/mol. The van der Waals surface area contributed by atoms with Gasteiger partial charge in [-0.05, 0) is 11.6 Å². The molecule has 0 atom stereocenters. The van der Waals surface area contributed by atoms with Crippen LogP contribution in [-0.4, -0.2) is 14.7 Å². The number of aliphatic hydroxyl groups is 1. The second-order valence-corrected chi connectivity index (χ2v) is 5.14.